The van der Waals surface area contributed by atoms with E-state index in [1.807, 2.05) is 6.92 Å². The maximum absolute atomic E-state index is 12.1. The molecule has 1 aromatic rings. The van der Waals surface area contributed by atoms with Crippen LogP contribution in [0.5, 0.6) is 0 Å². The molecule has 0 aliphatic carbocycles. The second-order valence-corrected chi connectivity index (χ2v) is 5.80. The van der Waals surface area contributed by atoms with E-state index in [0.717, 1.165) is 12.8 Å². The molecule has 0 spiro atoms. The quantitative estimate of drug-likeness (QED) is 0.439. The summed E-state index contributed by atoms with van der Waals surface area (Å²) in [4.78, 5) is 46.4. The molecule has 4 heteroatoms. The molecule has 0 heterocycles. The number of Topliss-reactive ketones (excluding diaryl/α,β-unsaturated/α-hetero) is 4. The van der Waals surface area contributed by atoms with Gasteiger partial charge in [0, 0.05) is 30.4 Å². The Balaban J connectivity index is 0.00000529. The van der Waals surface area contributed by atoms with Gasteiger partial charge < -0.3 is 0 Å². The van der Waals surface area contributed by atoms with Crippen molar-refractivity contribution >= 4 is 23.1 Å². The van der Waals surface area contributed by atoms with E-state index in [0.29, 0.717) is 24.0 Å². The van der Waals surface area contributed by atoms with Crippen LogP contribution in [0.25, 0.3) is 0 Å². The first-order chi connectivity index (χ1) is 10.9. The zero-order valence-corrected chi connectivity index (χ0v) is 13.9. The van der Waals surface area contributed by atoms with Gasteiger partial charge in [-0.25, -0.2) is 0 Å². The smallest absolute Gasteiger partial charge is 0.162 e. The normalized spacial score (nSPS) is 9.92. The van der Waals surface area contributed by atoms with Crippen molar-refractivity contribution in [3.8, 4) is 0 Å². The molecule has 0 fully saturated rings. The van der Waals surface area contributed by atoms with Gasteiger partial charge in [-0.2, -0.15) is 0 Å². The number of unbranched alkanes of at least 4 members (excludes halogenated alkanes) is 1. The summed E-state index contributed by atoms with van der Waals surface area (Å²) < 4.78 is 0. The first-order valence-electron chi connectivity index (χ1n) is 8.11. The summed E-state index contributed by atoms with van der Waals surface area (Å²) in [5, 5.41) is 0. The third-order valence-electron chi connectivity index (χ3n) is 3.57. The Kier molecular flexibility index (Phi) is 10.4. The summed E-state index contributed by atoms with van der Waals surface area (Å²) >= 11 is 0. The molecule has 0 unspecified atom stereocenters. The minimum absolute atomic E-state index is 0. The molecule has 0 saturated heterocycles. The molecule has 1 rings (SSSR count). The predicted octanol–water partition coefficient (Wildman–Crippen LogP) is 4.60. The third kappa shape index (κ3) is 7.95. The summed E-state index contributed by atoms with van der Waals surface area (Å²) in [6.07, 6.45) is 3.15. The Morgan fingerprint density at radius 1 is 0.875 bits per heavy atom. The zero-order chi connectivity index (χ0) is 17.2. The van der Waals surface area contributed by atoms with Crippen LogP contribution in [0.15, 0.2) is 24.3 Å². The second kappa shape index (κ2) is 11.4. The summed E-state index contributed by atoms with van der Waals surface area (Å²) in [7, 11) is 0. The van der Waals surface area contributed by atoms with Crippen LogP contribution in [-0.4, -0.2) is 23.1 Å². The van der Waals surface area contributed by atoms with Gasteiger partial charge in [0.05, 0.1) is 6.42 Å². The molecule has 0 aromatic heterocycles. The standard InChI is InChI=1S/C19H24O4.CH4/c1-3-4-10-18(22)15-7-5-8-16(13-15)19(23)11-6-9-17(21)12-14(2)20;/h5,7-8,13H,3-4,6,9-12H2,1-2H3;1H4. The Labute approximate surface area is 144 Å². The topological polar surface area (TPSA) is 68.3 Å². The van der Waals surface area contributed by atoms with Crippen molar-refractivity contribution in [1.82, 2.24) is 0 Å². The van der Waals surface area contributed by atoms with Gasteiger partial charge in [0.1, 0.15) is 11.6 Å². The Morgan fingerprint density at radius 3 is 1.92 bits per heavy atom. The summed E-state index contributed by atoms with van der Waals surface area (Å²) in [6.45, 7) is 3.41. The molecular formula is C20H28O4. The Morgan fingerprint density at radius 2 is 1.42 bits per heavy atom. The highest BCUT2D eigenvalue weighted by Gasteiger charge is 2.12. The summed E-state index contributed by atoms with van der Waals surface area (Å²) in [6, 6.07) is 6.77. The number of rotatable bonds is 11. The number of ketones is 4. The van der Waals surface area contributed by atoms with Crippen molar-refractivity contribution in [3.63, 3.8) is 0 Å². The molecule has 0 saturated carbocycles. The fourth-order valence-corrected chi connectivity index (χ4v) is 2.30. The van der Waals surface area contributed by atoms with E-state index in [4.69, 9.17) is 0 Å². The highest BCUT2D eigenvalue weighted by atomic mass is 16.1. The van der Waals surface area contributed by atoms with Crippen LogP contribution >= 0.6 is 0 Å². The summed E-state index contributed by atoms with van der Waals surface area (Å²) in [5.74, 6) is -0.308. The van der Waals surface area contributed by atoms with Gasteiger partial charge in [-0.15, -0.1) is 0 Å². The van der Waals surface area contributed by atoms with E-state index in [-0.39, 0.29) is 49.8 Å². The molecule has 0 aliphatic rings. The summed E-state index contributed by atoms with van der Waals surface area (Å²) in [5.41, 5.74) is 1.07. The minimum atomic E-state index is -0.153. The molecule has 0 N–H and O–H groups in total. The maximum Gasteiger partial charge on any atom is 0.162 e. The molecule has 132 valence electrons. The van der Waals surface area contributed by atoms with Gasteiger partial charge in [0.2, 0.25) is 0 Å². The lowest BCUT2D eigenvalue weighted by atomic mass is 9.99. The largest absolute Gasteiger partial charge is 0.300 e. The number of carbonyl (C=O) groups is 4. The molecule has 0 bridgehead atoms. The fraction of sp³-hybridized carbons (Fsp3) is 0.500. The van der Waals surface area contributed by atoms with Crippen LogP contribution in [0.4, 0.5) is 0 Å². The molecule has 0 aliphatic heterocycles. The van der Waals surface area contributed by atoms with Crippen molar-refractivity contribution in [2.45, 2.75) is 66.2 Å². The van der Waals surface area contributed by atoms with Crippen LogP contribution < -0.4 is 0 Å². The van der Waals surface area contributed by atoms with E-state index in [1.165, 1.54) is 6.92 Å². The van der Waals surface area contributed by atoms with Crippen molar-refractivity contribution in [1.29, 1.82) is 0 Å². The van der Waals surface area contributed by atoms with Gasteiger partial charge in [0.15, 0.2) is 11.6 Å². The average Bonchev–Trinajstić information content (AvgIpc) is 2.51. The van der Waals surface area contributed by atoms with Crippen LogP contribution in [0.2, 0.25) is 0 Å². The van der Waals surface area contributed by atoms with Crippen molar-refractivity contribution in [2.75, 3.05) is 0 Å². The fourth-order valence-electron chi connectivity index (χ4n) is 2.30. The number of hydrogen-bond acceptors (Lipinski definition) is 4. The van der Waals surface area contributed by atoms with E-state index in [1.54, 1.807) is 24.3 Å². The predicted molar refractivity (Wildman–Crippen MR) is 95.5 cm³/mol. The van der Waals surface area contributed by atoms with E-state index < -0.39 is 0 Å². The molecule has 1 aromatic carbocycles. The lowest BCUT2D eigenvalue weighted by Crippen LogP contribution is -2.07. The number of hydrogen-bond donors (Lipinski definition) is 0. The highest BCUT2D eigenvalue weighted by Crippen LogP contribution is 2.13. The van der Waals surface area contributed by atoms with Gasteiger partial charge in [-0.05, 0) is 25.8 Å². The number of carbonyl (C=O) groups excluding carboxylic acids is 4. The maximum atomic E-state index is 12.1. The molecular weight excluding hydrogens is 304 g/mol. The van der Waals surface area contributed by atoms with E-state index in [2.05, 4.69) is 0 Å². The van der Waals surface area contributed by atoms with Gasteiger partial charge in [-0.1, -0.05) is 39.0 Å². The van der Waals surface area contributed by atoms with Gasteiger partial charge >= 0.3 is 0 Å². The van der Waals surface area contributed by atoms with Crippen LogP contribution in [0.3, 0.4) is 0 Å². The molecule has 4 nitrogen and oxygen atoms in total. The van der Waals surface area contributed by atoms with Gasteiger partial charge in [-0.3, -0.25) is 19.2 Å². The van der Waals surface area contributed by atoms with E-state index >= 15 is 0 Å². The van der Waals surface area contributed by atoms with Crippen molar-refractivity contribution in [2.24, 2.45) is 0 Å². The SMILES string of the molecule is C.CCCCC(=O)c1cccc(C(=O)CCCC(=O)CC(C)=O)c1. The molecule has 0 amide bonds. The van der Waals surface area contributed by atoms with Crippen molar-refractivity contribution < 1.29 is 19.2 Å². The molecule has 0 atom stereocenters. The van der Waals surface area contributed by atoms with Crippen molar-refractivity contribution in [3.05, 3.63) is 35.4 Å². The zero-order valence-electron chi connectivity index (χ0n) is 13.9. The van der Waals surface area contributed by atoms with Gasteiger partial charge in [0.25, 0.3) is 0 Å². The lowest BCUT2D eigenvalue weighted by Gasteiger charge is -2.04. The molecule has 0 radical (unpaired) electrons. The first kappa shape index (κ1) is 21.9. The lowest BCUT2D eigenvalue weighted by molar-refractivity contribution is -0.125. The number of benzene rings is 1. The first-order valence-corrected chi connectivity index (χ1v) is 8.11. The highest BCUT2D eigenvalue weighted by molar-refractivity contribution is 6.01. The minimum Gasteiger partial charge on any atom is -0.300 e. The average molecular weight is 332 g/mol. The monoisotopic (exact) mass is 332 g/mol. The van der Waals surface area contributed by atoms with Crippen LogP contribution in [0.1, 0.15) is 86.9 Å². The molecule has 24 heavy (non-hydrogen) atoms. The van der Waals surface area contributed by atoms with Crippen LogP contribution in [-0.2, 0) is 9.59 Å². The van der Waals surface area contributed by atoms with E-state index in [9.17, 15) is 19.2 Å². The van der Waals surface area contributed by atoms with Crippen LogP contribution in [0, 0.1) is 0 Å². The third-order valence-corrected chi connectivity index (χ3v) is 3.57. The second-order valence-electron chi connectivity index (χ2n) is 5.80. The Hall–Kier alpha value is -2.10. The Bertz CT molecular complexity index is 587.